The average molecular weight is 407 g/mol. The van der Waals surface area contributed by atoms with Crippen LogP contribution < -0.4 is 4.80 Å². The maximum atomic E-state index is 12.9. The first kappa shape index (κ1) is 19.4. The van der Waals surface area contributed by atoms with Crippen molar-refractivity contribution in [2.75, 3.05) is 5.75 Å². The zero-order valence-electron chi connectivity index (χ0n) is 15.2. The first-order chi connectivity index (χ1) is 12.7. The molecule has 0 saturated heterocycles. The van der Waals surface area contributed by atoms with Gasteiger partial charge in [0.05, 0.1) is 20.9 Å². The topological polar surface area (TPSA) is 68.5 Å². The maximum absolute atomic E-state index is 12.9. The number of hydrogen-bond acceptors (Lipinski definition) is 4. The van der Waals surface area contributed by atoms with Gasteiger partial charge in [0.15, 0.2) is 14.6 Å². The van der Waals surface area contributed by atoms with E-state index in [2.05, 4.69) is 4.99 Å². The van der Waals surface area contributed by atoms with Gasteiger partial charge in [0.25, 0.3) is 0 Å². The van der Waals surface area contributed by atoms with Gasteiger partial charge in [0.2, 0.25) is 5.91 Å². The number of amides is 1. The Morgan fingerprint density at radius 1 is 1.11 bits per heavy atom. The van der Waals surface area contributed by atoms with Gasteiger partial charge in [-0.1, -0.05) is 23.5 Å². The predicted molar refractivity (Wildman–Crippen MR) is 104 cm³/mol. The Morgan fingerprint density at radius 3 is 2.37 bits per heavy atom. The Bertz CT molecular complexity index is 1190. The van der Waals surface area contributed by atoms with E-state index in [1.54, 1.807) is 0 Å². The molecule has 0 N–H and O–H groups in total. The number of rotatable bonds is 4. The number of nitrogens with zero attached hydrogens (tertiary/aromatic N) is 2. The fraction of sp³-hybridized carbons (Fsp3) is 0.263. The van der Waals surface area contributed by atoms with Gasteiger partial charge in [0.1, 0.15) is 5.82 Å². The second-order valence-corrected chi connectivity index (χ2v) is 9.44. The molecule has 0 radical (unpaired) electrons. The van der Waals surface area contributed by atoms with Crippen LogP contribution in [0.1, 0.15) is 17.5 Å². The Morgan fingerprint density at radius 2 is 1.74 bits per heavy atom. The van der Waals surface area contributed by atoms with E-state index in [0.29, 0.717) is 4.80 Å². The van der Waals surface area contributed by atoms with Crippen LogP contribution in [0, 0.1) is 19.7 Å². The van der Waals surface area contributed by atoms with Crippen molar-refractivity contribution in [2.45, 2.75) is 25.2 Å². The van der Waals surface area contributed by atoms with Crippen LogP contribution in [0.25, 0.3) is 10.2 Å². The highest BCUT2D eigenvalue weighted by Crippen LogP contribution is 2.24. The number of fused-ring (bicyclic) bond motifs is 1. The number of carbonyl (C=O) groups excluding carboxylic acids is 1. The fourth-order valence-electron chi connectivity index (χ4n) is 2.81. The number of carbonyl (C=O) groups is 1. The Balaban J connectivity index is 1.84. The van der Waals surface area contributed by atoms with E-state index >= 15 is 0 Å². The molecular formula is C19H19FN2O3S2. The monoisotopic (exact) mass is 406 g/mol. The molecule has 1 heterocycles. The van der Waals surface area contributed by atoms with Crippen LogP contribution in [0.4, 0.5) is 4.39 Å². The summed E-state index contributed by atoms with van der Waals surface area (Å²) in [4.78, 5) is 16.9. The second kappa shape index (κ2) is 7.36. The number of halogens is 1. The van der Waals surface area contributed by atoms with Gasteiger partial charge >= 0.3 is 0 Å². The molecule has 0 aliphatic rings. The zero-order chi connectivity index (χ0) is 19.8. The summed E-state index contributed by atoms with van der Waals surface area (Å²) in [5.41, 5.74) is 3.21. The quantitative estimate of drug-likeness (QED) is 0.625. The second-order valence-electron chi connectivity index (χ2n) is 6.35. The van der Waals surface area contributed by atoms with Crippen molar-refractivity contribution in [3.05, 3.63) is 58.1 Å². The molecule has 1 aromatic heterocycles. The molecule has 0 bridgehead atoms. The number of benzene rings is 2. The molecule has 0 saturated carbocycles. The van der Waals surface area contributed by atoms with Gasteiger partial charge in [-0.3, -0.25) is 4.79 Å². The van der Waals surface area contributed by atoms with E-state index in [9.17, 15) is 17.6 Å². The fourth-order valence-corrected chi connectivity index (χ4v) is 5.23. The lowest BCUT2D eigenvalue weighted by Crippen LogP contribution is -2.16. The van der Waals surface area contributed by atoms with E-state index < -0.39 is 21.6 Å². The summed E-state index contributed by atoms with van der Waals surface area (Å²) in [5, 5.41) is 0. The molecule has 0 spiro atoms. The lowest BCUT2D eigenvalue weighted by molar-refractivity contribution is -0.117. The number of hydrogen-bond donors (Lipinski definition) is 0. The van der Waals surface area contributed by atoms with Gasteiger partial charge in [-0.25, -0.2) is 12.8 Å². The van der Waals surface area contributed by atoms with E-state index in [-0.39, 0.29) is 17.1 Å². The molecule has 3 aromatic rings. The van der Waals surface area contributed by atoms with Crippen LogP contribution in [0.2, 0.25) is 0 Å². The van der Waals surface area contributed by atoms with E-state index in [0.717, 1.165) is 33.5 Å². The molecule has 1 amide bonds. The maximum Gasteiger partial charge on any atom is 0.249 e. The average Bonchev–Trinajstić information content (AvgIpc) is 2.95. The summed E-state index contributed by atoms with van der Waals surface area (Å²) in [6.07, 6.45) is -0.230. The molecule has 0 fully saturated rings. The van der Waals surface area contributed by atoms with Crippen molar-refractivity contribution < 1.29 is 17.6 Å². The normalized spacial score (nSPS) is 12.7. The van der Waals surface area contributed by atoms with Gasteiger partial charge in [-0.2, -0.15) is 4.99 Å². The summed E-state index contributed by atoms with van der Waals surface area (Å²) in [6, 6.07) is 8.61. The first-order valence-electron chi connectivity index (χ1n) is 8.30. The summed E-state index contributed by atoms with van der Waals surface area (Å²) >= 11 is 1.41. The minimum Gasteiger partial charge on any atom is -0.319 e. The third-order valence-electron chi connectivity index (χ3n) is 4.32. The number of aryl methyl sites for hydroxylation is 3. The third kappa shape index (κ3) is 4.01. The Hall–Kier alpha value is -2.32. The lowest BCUT2D eigenvalue weighted by Gasteiger charge is -2.03. The van der Waals surface area contributed by atoms with Crippen molar-refractivity contribution in [1.29, 1.82) is 0 Å². The predicted octanol–water partition coefficient (Wildman–Crippen LogP) is 3.29. The van der Waals surface area contributed by atoms with Crippen molar-refractivity contribution in [2.24, 2.45) is 12.0 Å². The minimum absolute atomic E-state index is 0.00429. The standard InChI is InChI=1S/C19H19FN2O3S2/c1-12-4-5-13(2)18-17(12)22(3)19(26-18)21-16(23)10-11-27(24,25)15-8-6-14(20)7-9-15/h4-9H,10-11H2,1-3H3. The van der Waals surface area contributed by atoms with Gasteiger partial charge < -0.3 is 4.57 Å². The molecule has 2 aromatic carbocycles. The van der Waals surface area contributed by atoms with Crippen LogP contribution in [-0.2, 0) is 21.7 Å². The van der Waals surface area contributed by atoms with Gasteiger partial charge in [0, 0.05) is 13.5 Å². The van der Waals surface area contributed by atoms with E-state index in [1.807, 2.05) is 37.6 Å². The summed E-state index contributed by atoms with van der Waals surface area (Å²) < 4.78 is 40.4. The molecule has 0 aliphatic carbocycles. The molecule has 3 rings (SSSR count). The highest BCUT2D eigenvalue weighted by Gasteiger charge is 2.17. The molecule has 142 valence electrons. The molecule has 0 atom stereocenters. The van der Waals surface area contributed by atoms with Crippen LogP contribution >= 0.6 is 11.3 Å². The number of aromatic nitrogens is 1. The molecule has 5 nitrogen and oxygen atoms in total. The largest absolute Gasteiger partial charge is 0.319 e. The molecule has 27 heavy (non-hydrogen) atoms. The number of thiazole rings is 1. The lowest BCUT2D eigenvalue weighted by atomic mass is 10.1. The van der Waals surface area contributed by atoms with Crippen LogP contribution in [0.3, 0.4) is 0 Å². The van der Waals surface area contributed by atoms with Crippen molar-refractivity contribution in [3.63, 3.8) is 0 Å². The van der Waals surface area contributed by atoms with Crippen molar-refractivity contribution in [3.8, 4) is 0 Å². The molecule has 8 heteroatoms. The zero-order valence-corrected chi connectivity index (χ0v) is 16.8. The Labute approximate surface area is 160 Å². The van der Waals surface area contributed by atoms with Crippen LogP contribution in [0.15, 0.2) is 46.3 Å². The third-order valence-corrected chi connectivity index (χ3v) is 7.32. The summed E-state index contributed by atoms with van der Waals surface area (Å²) in [7, 11) is -1.82. The minimum atomic E-state index is -3.66. The highest BCUT2D eigenvalue weighted by atomic mass is 32.2. The Kier molecular flexibility index (Phi) is 5.30. The van der Waals surface area contributed by atoms with Crippen LogP contribution in [-0.4, -0.2) is 24.6 Å². The van der Waals surface area contributed by atoms with Crippen LogP contribution in [0.5, 0.6) is 0 Å². The molecule has 0 unspecified atom stereocenters. The summed E-state index contributed by atoms with van der Waals surface area (Å²) in [5.74, 6) is -1.38. The number of sulfone groups is 1. The smallest absolute Gasteiger partial charge is 0.249 e. The molecule has 0 aliphatic heterocycles. The summed E-state index contributed by atoms with van der Waals surface area (Å²) in [6.45, 7) is 3.99. The highest BCUT2D eigenvalue weighted by molar-refractivity contribution is 7.91. The van der Waals surface area contributed by atoms with E-state index in [1.165, 1.54) is 23.5 Å². The van der Waals surface area contributed by atoms with E-state index in [4.69, 9.17) is 0 Å². The van der Waals surface area contributed by atoms with Crippen molar-refractivity contribution in [1.82, 2.24) is 4.57 Å². The van der Waals surface area contributed by atoms with Crippen molar-refractivity contribution >= 4 is 37.3 Å². The SMILES string of the molecule is Cc1ccc(C)c2c1sc(=NC(=O)CCS(=O)(=O)c1ccc(F)cc1)n2C. The first-order valence-corrected chi connectivity index (χ1v) is 10.8. The molecular weight excluding hydrogens is 387 g/mol. The van der Waals surface area contributed by atoms with Gasteiger partial charge in [-0.05, 0) is 49.2 Å². The van der Waals surface area contributed by atoms with Gasteiger partial charge in [-0.15, -0.1) is 0 Å².